The first kappa shape index (κ1) is 17.5. The van der Waals surface area contributed by atoms with E-state index < -0.39 is 0 Å². The van der Waals surface area contributed by atoms with Crippen LogP contribution in [-0.2, 0) is 12.8 Å². The van der Waals surface area contributed by atoms with Gasteiger partial charge in [0.05, 0.1) is 12.6 Å². The van der Waals surface area contributed by atoms with Crippen molar-refractivity contribution >= 4 is 5.91 Å². The number of rotatable bonds is 6. The molecule has 1 amide bonds. The standard InChI is InChI=1S/C22H27NO2/c1-3-14-25-21-12-10-18(11-13-21)22(24)23-16(2)19-9-8-17-6-4-5-7-20(17)15-19/h8-13,15-16H,3-7,14H2,1-2H3,(H,23,24)/t16-/m1/s1. The zero-order valence-electron chi connectivity index (χ0n) is 15.2. The highest BCUT2D eigenvalue weighted by molar-refractivity contribution is 5.94. The van der Waals surface area contributed by atoms with Crippen molar-refractivity contribution < 1.29 is 9.53 Å². The van der Waals surface area contributed by atoms with E-state index in [9.17, 15) is 4.79 Å². The van der Waals surface area contributed by atoms with E-state index in [1.54, 1.807) is 0 Å². The molecule has 0 radical (unpaired) electrons. The zero-order valence-corrected chi connectivity index (χ0v) is 15.2. The van der Waals surface area contributed by atoms with E-state index in [0.29, 0.717) is 12.2 Å². The minimum atomic E-state index is -0.0488. The van der Waals surface area contributed by atoms with Crippen LogP contribution in [0.2, 0.25) is 0 Å². The summed E-state index contributed by atoms with van der Waals surface area (Å²) in [4.78, 5) is 12.5. The van der Waals surface area contributed by atoms with Crippen molar-refractivity contribution in [3.8, 4) is 5.75 Å². The molecule has 1 atom stereocenters. The third kappa shape index (κ3) is 4.41. The fourth-order valence-electron chi connectivity index (χ4n) is 3.31. The van der Waals surface area contributed by atoms with E-state index in [4.69, 9.17) is 4.74 Å². The van der Waals surface area contributed by atoms with Gasteiger partial charge in [-0.05, 0) is 80.0 Å². The molecular weight excluding hydrogens is 310 g/mol. The summed E-state index contributed by atoms with van der Waals surface area (Å²) >= 11 is 0. The molecule has 2 aromatic rings. The number of hydrogen-bond acceptors (Lipinski definition) is 2. The minimum Gasteiger partial charge on any atom is -0.494 e. The number of hydrogen-bond donors (Lipinski definition) is 1. The van der Waals surface area contributed by atoms with E-state index in [2.05, 4.69) is 30.4 Å². The molecule has 0 spiro atoms. The molecule has 0 heterocycles. The Bertz CT molecular complexity index is 721. The van der Waals surface area contributed by atoms with Gasteiger partial charge in [0, 0.05) is 5.56 Å². The predicted molar refractivity (Wildman–Crippen MR) is 101 cm³/mol. The van der Waals surface area contributed by atoms with E-state index >= 15 is 0 Å². The van der Waals surface area contributed by atoms with E-state index in [-0.39, 0.29) is 11.9 Å². The Balaban J connectivity index is 1.64. The Kier molecular flexibility index (Phi) is 5.75. The van der Waals surface area contributed by atoms with Crippen LogP contribution in [0, 0.1) is 0 Å². The SMILES string of the molecule is CCCOc1ccc(C(=O)N[C@H](C)c2ccc3c(c2)CCCC3)cc1. The number of aryl methyl sites for hydroxylation is 2. The normalized spacial score (nSPS) is 14.5. The summed E-state index contributed by atoms with van der Waals surface area (Å²) in [6.45, 7) is 4.81. The predicted octanol–water partition coefficient (Wildman–Crippen LogP) is 4.85. The van der Waals surface area contributed by atoms with Gasteiger partial charge in [0.15, 0.2) is 0 Å². The Morgan fingerprint density at radius 1 is 1.08 bits per heavy atom. The quantitative estimate of drug-likeness (QED) is 0.818. The molecular formula is C22H27NO2. The summed E-state index contributed by atoms with van der Waals surface area (Å²) in [5.74, 6) is 0.758. The Labute approximate surface area is 150 Å². The second-order valence-electron chi connectivity index (χ2n) is 6.80. The number of carbonyl (C=O) groups excluding carboxylic acids is 1. The van der Waals surface area contributed by atoms with E-state index in [0.717, 1.165) is 18.6 Å². The van der Waals surface area contributed by atoms with Gasteiger partial charge in [0.25, 0.3) is 5.91 Å². The molecule has 2 aromatic carbocycles. The maximum Gasteiger partial charge on any atom is 0.251 e. The van der Waals surface area contributed by atoms with Gasteiger partial charge in [-0.1, -0.05) is 25.1 Å². The van der Waals surface area contributed by atoms with Gasteiger partial charge in [0.2, 0.25) is 0 Å². The number of carbonyl (C=O) groups is 1. The molecule has 132 valence electrons. The highest BCUT2D eigenvalue weighted by atomic mass is 16.5. The Morgan fingerprint density at radius 3 is 2.52 bits per heavy atom. The van der Waals surface area contributed by atoms with Crippen LogP contribution >= 0.6 is 0 Å². The second-order valence-corrected chi connectivity index (χ2v) is 6.80. The molecule has 1 aliphatic rings. The largest absolute Gasteiger partial charge is 0.494 e. The van der Waals surface area contributed by atoms with Crippen molar-refractivity contribution in [3.05, 3.63) is 64.7 Å². The van der Waals surface area contributed by atoms with Gasteiger partial charge in [-0.3, -0.25) is 4.79 Å². The third-order valence-corrected chi connectivity index (χ3v) is 4.81. The average Bonchev–Trinajstić information content (AvgIpc) is 2.66. The lowest BCUT2D eigenvalue weighted by Gasteiger charge is -2.20. The molecule has 0 fully saturated rings. The number of nitrogens with one attached hydrogen (secondary N) is 1. The molecule has 3 rings (SSSR count). The highest BCUT2D eigenvalue weighted by Gasteiger charge is 2.15. The van der Waals surface area contributed by atoms with Crippen LogP contribution in [0.3, 0.4) is 0 Å². The fraction of sp³-hybridized carbons (Fsp3) is 0.409. The summed E-state index contributed by atoms with van der Waals surface area (Å²) in [6.07, 6.45) is 5.87. The van der Waals surface area contributed by atoms with Crippen molar-refractivity contribution in [1.29, 1.82) is 0 Å². The second kappa shape index (κ2) is 8.19. The van der Waals surface area contributed by atoms with E-state index in [1.165, 1.54) is 36.0 Å². The first-order valence-electron chi connectivity index (χ1n) is 9.33. The van der Waals surface area contributed by atoms with Gasteiger partial charge >= 0.3 is 0 Å². The van der Waals surface area contributed by atoms with Gasteiger partial charge in [-0.2, -0.15) is 0 Å². The molecule has 0 saturated heterocycles. The number of benzene rings is 2. The first-order chi connectivity index (χ1) is 12.2. The number of fused-ring (bicyclic) bond motifs is 1. The highest BCUT2D eigenvalue weighted by Crippen LogP contribution is 2.25. The molecule has 0 saturated carbocycles. The molecule has 1 aliphatic carbocycles. The summed E-state index contributed by atoms with van der Waals surface area (Å²) in [5.41, 5.74) is 4.75. The van der Waals surface area contributed by atoms with Crippen molar-refractivity contribution in [2.24, 2.45) is 0 Å². The minimum absolute atomic E-state index is 0.00394. The van der Waals surface area contributed by atoms with Crippen LogP contribution in [0.25, 0.3) is 0 Å². The van der Waals surface area contributed by atoms with Gasteiger partial charge in [0.1, 0.15) is 5.75 Å². The molecule has 0 bridgehead atoms. The average molecular weight is 337 g/mol. The van der Waals surface area contributed by atoms with Gasteiger partial charge in [-0.25, -0.2) is 0 Å². The van der Waals surface area contributed by atoms with Crippen molar-refractivity contribution in [3.63, 3.8) is 0 Å². The maximum absolute atomic E-state index is 12.5. The molecule has 0 aromatic heterocycles. The van der Waals surface area contributed by atoms with E-state index in [1.807, 2.05) is 31.2 Å². The summed E-state index contributed by atoms with van der Waals surface area (Å²) in [6, 6.07) is 14.0. The van der Waals surface area contributed by atoms with Crippen LogP contribution in [0.1, 0.15) is 66.2 Å². The van der Waals surface area contributed by atoms with Crippen LogP contribution in [0.15, 0.2) is 42.5 Å². The summed E-state index contributed by atoms with van der Waals surface area (Å²) < 4.78 is 5.56. The Hall–Kier alpha value is -2.29. The Morgan fingerprint density at radius 2 is 1.80 bits per heavy atom. The lowest BCUT2D eigenvalue weighted by atomic mass is 9.89. The van der Waals surface area contributed by atoms with Crippen molar-refractivity contribution in [1.82, 2.24) is 5.32 Å². The van der Waals surface area contributed by atoms with Crippen LogP contribution in [0.5, 0.6) is 5.75 Å². The van der Waals surface area contributed by atoms with Gasteiger partial charge < -0.3 is 10.1 Å². The zero-order chi connectivity index (χ0) is 17.6. The van der Waals surface area contributed by atoms with Crippen LogP contribution in [0.4, 0.5) is 0 Å². The molecule has 3 nitrogen and oxygen atoms in total. The lowest BCUT2D eigenvalue weighted by molar-refractivity contribution is 0.0940. The molecule has 3 heteroatoms. The van der Waals surface area contributed by atoms with Crippen molar-refractivity contribution in [2.45, 2.75) is 52.0 Å². The van der Waals surface area contributed by atoms with Gasteiger partial charge in [-0.15, -0.1) is 0 Å². The molecule has 1 N–H and O–H groups in total. The third-order valence-electron chi connectivity index (χ3n) is 4.81. The monoisotopic (exact) mass is 337 g/mol. The maximum atomic E-state index is 12.5. The molecule has 0 aliphatic heterocycles. The van der Waals surface area contributed by atoms with Crippen LogP contribution < -0.4 is 10.1 Å². The number of amides is 1. The summed E-state index contributed by atoms with van der Waals surface area (Å²) in [5, 5.41) is 3.10. The fourth-order valence-corrected chi connectivity index (χ4v) is 3.31. The first-order valence-corrected chi connectivity index (χ1v) is 9.33. The smallest absolute Gasteiger partial charge is 0.251 e. The van der Waals surface area contributed by atoms with Crippen molar-refractivity contribution in [2.75, 3.05) is 6.61 Å². The summed E-state index contributed by atoms with van der Waals surface area (Å²) in [7, 11) is 0. The van der Waals surface area contributed by atoms with Crippen LogP contribution in [-0.4, -0.2) is 12.5 Å². The molecule has 0 unspecified atom stereocenters. The number of ether oxygens (including phenoxy) is 1. The lowest BCUT2D eigenvalue weighted by Crippen LogP contribution is -2.26. The molecule has 25 heavy (non-hydrogen) atoms. The topological polar surface area (TPSA) is 38.3 Å².